The minimum absolute atomic E-state index is 0.318. The Hall–Kier alpha value is -1.79. The van der Waals surface area contributed by atoms with Crippen molar-refractivity contribution in [1.82, 2.24) is 9.97 Å². The molecule has 0 aliphatic carbocycles. The molecule has 0 radical (unpaired) electrons. The first-order chi connectivity index (χ1) is 11.0. The molecule has 1 aromatic carbocycles. The van der Waals surface area contributed by atoms with Gasteiger partial charge in [-0.3, -0.25) is 0 Å². The molecule has 0 saturated carbocycles. The van der Waals surface area contributed by atoms with Gasteiger partial charge in [0.25, 0.3) is 0 Å². The number of hydrogen-bond donors (Lipinski definition) is 1. The van der Waals surface area contributed by atoms with Crippen molar-refractivity contribution in [2.75, 3.05) is 11.9 Å². The Morgan fingerprint density at radius 1 is 1.04 bits per heavy atom. The van der Waals surface area contributed by atoms with Crippen molar-refractivity contribution in [2.24, 2.45) is 0 Å². The molecule has 11 heteroatoms. The predicted octanol–water partition coefficient (Wildman–Crippen LogP) is 4.78. The summed E-state index contributed by atoms with van der Waals surface area (Å²) in [6, 6.07) is 6.65. The lowest BCUT2D eigenvalue weighted by Crippen LogP contribution is -2.22. The Kier molecular flexibility index (Phi) is 5.40. The lowest BCUT2D eigenvalue weighted by Gasteiger charge is -2.15. The molecular formula is C13H8F6IN3O. The molecule has 0 unspecified atom stereocenters. The maximum atomic E-state index is 12.8. The van der Waals surface area contributed by atoms with Crippen LogP contribution in [0.3, 0.4) is 0 Å². The van der Waals surface area contributed by atoms with Gasteiger partial charge >= 0.3 is 12.4 Å². The zero-order chi connectivity index (χ0) is 18.0. The largest absolute Gasteiger partial charge is 0.467 e. The summed E-state index contributed by atoms with van der Waals surface area (Å²) in [6.45, 7) is -1.89. The third-order valence-electron chi connectivity index (χ3n) is 2.53. The highest BCUT2D eigenvalue weighted by atomic mass is 127. The molecule has 0 aliphatic heterocycles. The summed E-state index contributed by atoms with van der Waals surface area (Å²) in [7, 11) is 0. The molecule has 0 spiro atoms. The predicted molar refractivity (Wildman–Crippen MR) is 81.0 cm³/mol. The van der Waals surface area contributed by atoms with Gasteiger partial charge in [0.15, 0.2) is 6.61 Å². The summed E-state index contributed by atoms with van der Waals surface area (Å²) >= 11 is 2.05. The highest BCUT2D eigenvalue weighted by Crippen LogP contribution is 2.36. The number of benzene rings is 1. The molecule has 0 fully saturated rings. The summed E-state index contributed by atoms with van der Waals surface area (Å²) in [4.78, 5) is 6.86. The van der Waals surface area contributed by atoms with Gasteiger partial charge in [0.05, 0.1) is 0 Å². The number of alkyl halides is 6. The molecular weight excluding hydrogens is 455 g/mol. The SMILES string of the molecule is FC(F)(F)COc1nc(Nc2ccc(I)cc2)ncc1C(F)(F)F. The van der Waals surface area contributed by atoms with Crippen molar-refractivity contribution in [2.45, 2.75) is 12.4 Å². The lowest BCUT2D eigenvalue weighted by molar-refractivity contribution is -0.159. The van der Waals surface area contributed by atoms with E-state index in [9.17, 15) is 26.3 Å². The van der Waals surface area contributed by atoms with Crippen molar-refractivity contribution in [3.05, 3.63) is 39.6 Å². The minimum atomic E-state index is -4.94. The van der Waals surface area contributed by atoms with Crippen LogP contribution in [0.25, 0.3) is 0 Å². The van der Waals surface area contributed by atoms with Crippen LogP contribution in [0.1, 0.15) is 5.56 Å². The van der Waals surface area contributed by atoms with Crippen LogP contribution in [0.5, 0.6) is 5.88 Å². The summed E-state index contributed by atoms with van der Waals surface area (Å²) in [5.74, 6) is -1.51. The Bertz CT molecular complexity index is 702. The first-order valence-electron chi connectivity index (χ1n) is 6.21. The van der Waals surface area contributed by atoms with Crippen LogP contribution < -0.4 is 10.1 Å². The summed E-state index contributed by atoms with van der Waals surface area (Å²) in [6.07, 6.45) is -9.37. The van der Waals surface area contributed by atoms with Gasteiger partial charge in [0.1, 0.15) is 5.56 Å². The molecule has 1 aromatic heterocycles. The molecule has 0 aliphatic rings. The second-order valence-electron chi connectivity index (χ2n) is 4.45. The Morgan fingerprint density at radius 3 is 2.21 bits per heavy atom. The molecule has 0 atom stereocenters. The maximum absolute atomic E-state index is 12.8. The molecule has 0 bridgehead atoms. The van der Waals surface area contributed by atoms with Gasteiger partial charge in [-0.05, 0) is 46.9 Å². The highest BCUT2D eigenvalue weighted by molar-refractivity contribution is 14.1. The van der Waals surface area contributed by atoms with Crippen LogP contribution in [0, 0.1) is 3.57 Å². The normalized spacial score (nSPS) is 12.1. The van der Waals surface area contributed by atoms with Crippen LogP contribution in [-0.4, -0.2) is 22.8 Å². The Morgan fingerprint density at radius 2 is 1.67 bits per heavy atom. The zero-order valence-corrected chi connectivity index (χ0v) is 13.7. The summed E-state index contributed by atoms with van der Waals surface area (Å²) in [5.41, 5.74) is -1.03. The fraction of sp³-hybridized carbons (Fsp3) is 0.231. The molecule has 1 N–H and O–H groups in total. The molecule has 4 nitrogen and oxygen atoms in total. The topological polar surface area (TPSA) is 47.0 Å². The molecule has 2 aromatic rings. The molecule has 130 valence electrons. The van der Waals surface area contributed by atoms with E-state index in [0.717, 1.165) is 3.57 Å². The third-order valence-corrected chi connectivity index (χ3v) is 3.25. The van der Waals surface area contributed by atoms with Gasteiger partial charge in [-0.25, -0.2) is 4.98 Å². The van der Waals surface area contributed by atoms with Gasteiger partial charge in [-0.2, -0.15) is 31.3 Å². The minimum Gasteiger partial charge on any atom is -0.467 e. The van der Waals surface area contributed by atoms with Crippen LogP contribution in [-0.2, 0) is 6.18 Å². The highest BCUT2D eigenvalue weighted by Gasteiger charge is 2.38. The van der Waals surface area contributed by atoms with E-state index >= 15 is 0 Å². The van der Waals surface area contributed by atoms with Crippen LogP contribution in [0.15, 0.2) is 30.5 Å². The average molecular weight is 463 g/mol. The fourth-order valence-corrected chi connectivity index (χ4v) is 1.90. The smallest absolute Gasteiger partial charge is 0.423 e. The number of rotatable bonds is 4. The number of anilines is 2. The van der Waals surface area contributed by atoms with Crippen molar-refractivity contribution in [3.63, 3.8) is 0 Å². The van der Waals surface area contributed by atoms with Gasteiger partial charge in [0, 0.05) is 15.5 Å². The summed E-state index contributed by atoms with van der Waals surface area (Å²) < 4.78 is 80.1. The lowest BCUT2D eigenvalue weighted by atomic mass is 10.3. The molecule has 24 heavy (non-hydrogen) atoms. The zero-order valence-electron chi connectivity index (χ0n) is 11.5. The van der Waals surface area contributed by atoms with Crippen LogP contribution >= 0.6 is 22.6 Å². The second-order valence-corrected chi connectivity index (χ2v) is 5.69. The monoisotopic (exact) mass is 463 g/mol. The average Bonchev–Trinajstić information content (AvgIpc) is 2.46. The van der Waals surface area contributed by atoms with Crippen molar-refractivity contribution in [3.8, 4) is 5.88 Å². The number of ether oxygens (including phenoxy) is 1. The number of hydrogen-bond acceptors (Lipinski definition) is 4. The van der Waals surface area contributed by atoms with E-state index in [2.05, 4.69) is 42.6 Å². The number of nitrogens with zero attached hydrogens (tertiary/aromatic N) is 2. The van der Waals surface area contributed by atoms with Crippen molar-refractivity contribution < 1.29 is 31.1 Å². The van der Waals surface area contributed by atoms with Gasteiger partial charge in [-0.15, -0.1) is 0 Å². The molecule has 0 amide bonds. The molecule has 0 saturated heterocycles. The van der Waals surface area contributed by atoms with E-state index in [1.807, 2.05) is 0 Å². The van der Waals surface area contributed by atoms with Gasteiger partial charge in [0.2, 0.25) is 11.8 Å². The quantitative estimate of drug-likeness (QED) is 0.524. The number of aromatic nitrogens is 2. The van der Waals surface area contributed by atoms with E-state index < -0.39 is 30.4 Å². The van der Waals surface area contributed by atoms with E-state index in [1.54, 1.807) is 24.3 Å². The van der Waals surface area contributed by atoms with Crippen LogP contribution in [0.2, 0.25) is 0 Å². The molecule has 2 rings (SSSR count). The summed E-state index contributed by atoms with van der Waals surface area (Å²) in [5, 5.41) is 2.59. The van der Waals surface area contributed by atoms with Gasteiger partial charge in [-0.1, -0.05) is 0 Å². The van der Waals surface area contributed by atoms with E-state index in [4.69, 9.17) is 0 Å². The standard InChI is InChI=1S/C13H8F6IN3O/c14-12(15,16)6-24-10-9(13(17,18)19)5-21-11(23-10)22-8-3-1-7(20)2-4-8/h1-5H,6H2,(H,21,22,23). The Balaban J connectivity index is 2.28. The first kappa shape index (κ1) is 18.5. The second kappa shape index (κ2) is 6.99. The van der Waals surface area contributed by atoms with E-state index in [1.165, 1.54) is 0 Å². The number of nitrogens with one attached hydrogen (secondary N) is 1. The van der Waals surface area contributed by atoms with Crippen molar-refractivity contribution >= 4 is 34.2 Å². The first-order valence-corrected chi connectivity index (χ1v) is 7.29. The fourth-order valence-electron chi connectivity index (χ4n) is 1.54. The maximum Gasteiger partial charge on any atom is 0.423 e. The van der Waals surface area contributed by atoms with E-state index in [-0.39, 0.29) is 5.95 Å². The van der Waals surface area contributed by atoms with Crippen LogP contribution in [0.4, 0.5) is 38.0 Å². The molecule has 1 heterocycles. The van der Waals surface area contributed by atoms with Crippen molar-refractivity contribution in [1.29, 1.82) is 0 Å². The number of halogens is 7. The Labute approximate surface area is 145 Å². The van der Waals surface area contributed by atoms with Gasteiger partial charge < -0.3 is 10.1 Å². The van der Waals surface area contributed by atoms with E-state index in [0.29, 0.717) is 11.9 Å². The third kappa shape index (κ3) is 5.39.